The fourth-order valence-corrected chi connectivity index (χ4v) is 2.34. The van der Waals surface area contributed by atoms with E-state index in [0.29, 0.717) is 15.6 Å². The van der Waals surface area contributed by atoms with Crippen LogP contribution in [0.25, 0.3) is 0 Å². The second-order valence-electron chi connectivity index (χ2n) is 4.61. The predicted octanol–water partition coefficient (Wildman–Crippen LogP) is 3.75. The van der Waals surface area contributed by atoms with Crippen LogP contribution in [-0.2, 0) is 6.54 Å². The van der Waals surface area contributed by atoms with Gasteiger partial charge in [0.25, 0.3) is 5.91 Å². The Morgan fingerprint density at radius 3 is 2.57 bits per heavy atom. The van der Waals surface area contributed by atoms with Crippen molar-refractivity contribution in [1.82, 2.24) is 0 Å². The van der Waals surface area contributed by atoms with E-state index in [1.54, 1.807) is 25.1 Å². The lowest BCUT2D eigenvalue weighted by Crippen LogP contribution is -2.16. The van der Waals surface area contributed by atoms with Crippen molar-refractivity contribution >= 4 is 27.5 Å². The smallest absolute Gasteiger partial charge is 0.253 e. The van der Waals surface area contributed by atoms with E-state index >= 15 is 0 Å². The minimum absolute atomic E-state index is 0.217. The number of halogens is 3. The van der Waals surface area contributed by atoms with Crippen molar-refractivity contribution in [3.8, 4) is 0 Å². The molecule has 6 heteroatoms. The highest BCUT2D eigenvalue weighted by molar-refractivity contribution is 9.10. The van der Waals surface area contributed by atoms with Crippen molar-refractivity contribution in [1.29, 1.82) is 0 Å². The van der Waals surface area contributed by atoms with Crippen molar-refractivity contribution in [3.63, 3.8) is 0 Å². The molecule has 0 aromatic heterocycles. The molecule has 0 saturated carbocycles. The number of nitrogens with two attached hydrogens (primary N) is 1. The normalized spacial score (nSPS) is 10.5. The van der Waals surface area contributed by atoms with E-state index in [-0.39, 0.29) is 23.6 Å². The van der Waals surface area contributed by atoms with Crippen LogP contribution in [0.4, 0.5) is 14.5 Å². The van der Waals surface area contributed by atoms with Gasteiger partial charge in [-0.2, -0.15) is 0 Å². The minimum Gasteiger partial charge on any atom is -0.380 e. The van der Waals surface area contributed by atoms with E-state index in [4.69, 9.17) is 5.73 Å². The third kappa shape index (κ3) is 3.58. The van der Waals surface area contributed by atoms with Gasteiger partial charge in [0.05, 0.1) is 11.3 Å². The van der Waals surface area contributed by atoms with Crippen molar-refractivity contribution in [2.24, 2.45) is 5.73 Å². The molecule has 2 aromatic rings. The highest BCUT2D eigenvalue weighted by Crippen LogP contribution is 2.25. The highest BCUT2D eigenvalue weighted by atomic mass is 79.9. The maximum absolute atomic E-state index is 13.8. The van der Waals surface area contributed by atoms with Crippen LogP contribution in [-0.4, -0.2) is 5.91 Å². The lowest BCUT2D eigenvalue weighted by atomic mass is 10.1. The first kappa shape index (κ1) is 15.4. The highest BCUT2D eigenvalue weighted by Gasteiger charge is 2.15. The van der Waals surface area contributed by atoms with Gasteiger partial charge in [-0.25, -0.2) is 8.78 Å². The number of benzene rings is 2. The standard InChI is InChI=1S/C15H13BrF2N2O/c1-8-2-3-9(4-11(8)17)7-20-13-6-10(16)5-12(18)14(13)15(19)21/h2-6,20H,7H2,1H3,(H2,19,21). The lowest BCUT2D eigenvalue weighted by Gasteiger charge is -2.12. The third-order valence-electron chi connectivity index (χ3n) is 3.02. The number of rotatable bonds is 4. The van der Waals surface area contributed by atoms with E-state index in [1.807, 2.05) is 0 Å². The molecule has 3 N–H and O–H groups in total. The zero-order valence-corrected chi connectivity index (χ0v) is 12.8. The first-order valence-electron chi connectivity index (χ1n) is 6.16. The van der Waals surface area contributed by atoms with Crippen molar-refractivity contribution in [2.75, 3.05) is 5.32 Å². The van der Waals surface area contributed by atoms with Crippen molar-refractivity contribution in [3.05, 3.63) is 63.1 Å². The maximum atomic E-state index is 13.8. The second kappa shape index (κ2) is 6.22. The van der Waals surface area contributed by atoms with Crippen LogP contribution < -0.4 is 11.1 Å². The molecule has 0 aliphatic rings. The van der Waals surface area contributed by atoms with Gasteiger partial charge in [0, 0.05) is 11.0 Å². The zero-order valence-electron chi connectivity index (χ0n) is 11.2. The summed E-state index contributed by atoms with van der Waals surface area (Å²) in [5.74, 6) is -1.89. The monoisotopic (exact) mass is 354 g/mol. The number of hydrogen-bond acceptors (Lipinski definition) is 2. The van der Waals surface area contributed by atoms with E-state index < -0.39 is 11.7 Å². The molecule has 0 unspecified atom stereocenters. The van der Waals surface area contributed by atoms with Gasteiger partial charge in [-0.3, -0.25) is 4.79 Å². The topological polar surface area (TPSA) is 55.1 Å². The Hall–Kier alpha value is -1.95. The largest absolute Gasteiger partial charge is 0.380 e. The summed E-state index contributed by atoms with van der Waals surface area (Å²) in [6, 6.07) is 7.51. The van der Waals surface area contributed by atoms with E-state index in [2.05, 4.69) is 21.2 Å². The Morgan fingerprint density at radius 2 is 1.95 bits per heavy atom. The number of hydrogen-bond donors (Lipinski definition) is 2. The molecule has 0 radical (unpaired) electrons. The molecule has 0 saturated heterocycles. The number of nitrogens with one attached hydrogen (secondary N) is 1. The Morgan fingerprint density at radius 1 is 1.24 bits per heavy atom. The van der Waals surface area contributed by atoms with Gasteiger partial charge >= 0.3 is 0 Å². The summed E-state index contributed by atoms with van der Waals surface area (Å²) >= 11 is 3.15. The fraction of sp³-hybridized carbons (Fsp3) is 0.133. The van der Waals surface area contributed by atoms with Crippen LogP contribution >= 0.6 is 15.9 Å². The van der Waals surface area contributed by atoms with Crippen molar-refractivity contribution < 1.29 is 13.6 Å². The van der Waals surface area contributed by atoms with Gasteiger partial charge in [-0.05, 0) is 36.2 Å². The number of carbonyl (C=O) groups is 1. The number of carbonyl (C=O) groups excluding carboxylic acids is 1. The Balaban J connectivity index is 2.27. The molecule has 2 aromatic carbocycles. The van der Waals surface area contributed by atoms with Gasteiger partial charge in [-0.15, -0.1) is 0 Å². The van der Waals surface area contributed by atoms with E-state index in [9.17, 15) is 13.6 Å². The molecule has 0 atom stereocenters. The number of primary amides is 1. The van der Waals surface area contributed by atoms with Crippen molar-refractivity contribution in [2.45, 2.75) is 13.5 Å². The number of anilines is 1. The molecular weight excluding hydrogens is 342 g/mol. The zero-order chi connectivity index (χ0) is 15.6. The average Bonchev–Trinajstić information content (AvgIpc) is 2.38. The molecule has 0 fully saturated rings. The molecule has 0 heterocycles. The summed E-state index contributed by atoms with van der Waals surface area (Å²) < 4.78 is 27.7. The van der Waals surface area contributed by atoms with Crippen LogP contribution in [0.3, 0.4) is 0 Å². The third-order valence-corrected chi connectivity index (χ3v) is 3.48. The molecule has 0 spiro atoms. The van der Waals surface area contributed by atoms with Crippen LogP contribution in [0.1, 0.15) is 21.5 Å². The second-order valence-corrected chi connectivity index (χ2v) is 5.53. The van der Waals surface area contributed by atoms with Gasteiger partial charge < -0.3 is 11.1 Å². The quantitative estimate of drug-likeness (QED) is 0.878. The minimum atomic E-state index is -0.863. The summed E-state index contributed by atoms with van der Waals surface area (Å²) in [6.45, 7) is 1.91. The van der Waals surface area contributed by atoms with Gasteiger partial charge in [0.15, 0.2) is 0 Å². The van der Waals surface area contributed by atoms with E-state index in [1.165, 1.54) is 6.07 Å². The molecular formula is C15H13BrF2N2O. The molecule has 21 heavy (non-hydrogen) atoms. The van der Waals surface area contributed by atoms with Crippen LogP contribution in [0.15, 0.2) is 34.8 Å². The Labute approximate surface area is 129 Å². The summed E-state index contributed by atoms with van der Waals surface area (Å²) in [5.41, 5.74) is 6.45. The molecule has 0 aliphatic carbocycles. The molecule has 3 nitrogen and oxygen atoms in total. The summed E-state index contributed by atoms with van der Waals surface area (Å²) in [4.78, 5) is 11.3. The molecule has 110 valence electrons. The average molecular weight is 355 g/mol. The number of amides is 1. The van der Waals surface area contributed by atoms with Gasteiger partial charge in [0.1, 0.15) is 11.6 Å². The Bertz CT molecular complexity index is 704. The van der Waals surface area contributed by atoms with Crippen LogP contribution in [0, 0.1) is 18.6 Å². The maximum Gasteiger partial charge on any atom is 0.253 e. The summed E-state index contributed by atoms with van der Waals surface area (Å²) in [5, 5.41) is 2.90. The van der Waals surface area contributed by atoms with Gasteiger partial charge in [-0.1, -0.05) is 28.1 Å². The summed E-state index contributed by atoms with van der Waals surface area (Å²) in [6.07, 6.45) is 0. The van der Waals surface area contributed by atoms with E-state index in [0.717, 1.165) is 6.07 Å². The Kier molecular flexibility index (Phi) is 4.57. The molecule has 0 aliphatic heterocycles. The molecule has 1 amide bonds. The van der Waals surface area contributed by atoms with Crippen LogP contribution in [0.5, 0.6) is 0 Å². The SMILES string of the molecule is Cc1ccc(CNc2cc(Br)cc(F)c2C(N)=O)cc1F. The first-order chi connectivity index (χ1) is 9.88. The fourth-order valence-electron chi connectivity index (χ4n) is 1.91. The van der Waals surface area contributed by atoms with Crippen LogP contribution in [0.2, 0.25) is 0 Å². The molecule has 0 bridgehead atoms. The first-order valence-corrected chi connectivity index (χ1v) is 6.95. The number of aryl methyl sites for hydroxylation is 1. The summed E-state index contributed by atoms with van der Waals surface area (Å²) in [7, 11) is 0. The lowest BCUT2D eigenvalue weighted by molar-refractivity contribution is 0.0997. The van der Waals surface area contributed by atoms with Gasteiger partial charge in [0.2, 0.25) is 0 Å². The molecule has 2 rings (SSSR count). The predicted molar refractivity (Wildman–Crippen MR) is 81.1 cm³/mol.